The van der Waals surface area contributed by atoms with Gasteiger partial charge in [-0.3, -0.25) is 0 Å². The molecular formula is C19H18ClFO. The molecule has 0 heterocycles. The van der Waals surface area contributed by atoms with E-state index in [9.17, 15) is 4.39 Å². The van der Waals surface area contributed by atoms with Crippen LogP contribution < -0.4 is 4.74 Å². The Morgan fingerprint density at radius 1 is 1.05 bits per heavy atom. The van der Waals surface area contributed by atoms with Crippen LogP contribution in [0.15, 0.2) is 42.5 Å². The third-order valence-corrected chi connectivity index (χ3v) is 3.38. The van der Waals surface area contributed by atoms with E-state index >= 15 is 0 Å². The lowest BCUT2D eigenvalue weighted by molar-refractivity contribution is 0.306. The van der Waals surface area contributed by atoms with Gasteiger partial charge in [0.2, 0.25) is 0 Å². The van der Waals surface area contributed by atoms with Crippen molar-refractivity contribution < 1.29 is 9.13 Å². The van der Waals surface area contributed by atoms with Crippen molar-refractivity contribution in [1.82, 2.24) is 0 Å². The van der Waals surface area contributed by atoms with E-state index in [-0.39, 0.29) is 0 Å². The number of hydrogen-bond donors (Lipinski definition) is 0. The van der Waals surface area contributed by atoms with Gasteiger partial charge < -0.3 is 4.74 Å². The van der Waals surface area contributed by atoms with Gasteiger partial charge in [0.25, 0.3) is 0 Å². The summed E-state index contributed by atoms with van der Waals surface area (Å²) in [6, 6.07) is 12.0. The van der Waals surface area contributed by atoms with Gasteiger partial charge in [-0.05, 0) is 48.9 Å². The second-order valence-corrected chi connectivity index (χ2v) is 5.39. The van der Waals surface area contributed by atoms with Crippen LogP contribution in [0.1, 0.15) is 37.3 Å². The molecule has 2 aromatic carbocycles. The highest BCUT2D eigenvalue weighted by atomic mass is 35.5. The molecular weight excluding hydrogens is 299 g/mol. The van der Waals surface area contributed by atoms with Crippen LogP contribution in [-0.2, 0) is 0 Å². The Hall–Kier alpha value is -1.98. The Balaban J connectivity index is 1.98. The second kappa shape index (κ2) is 8.46. The second-order valence-electron chi connectivity index (χ2n) is 4.95. The molecule has 0 unspecified atom stereocenters. The molecule has 0 fully saturated rings. The Labute approximate surface area is 136 Å². The van der Waals surface area contributed by atoms with Crippen molar-refractivity contribution in [2.45, 2.75) is 26.2 Å². The van der Waals surface area contributed by atoms with E-state index in [1.165, 1.54) is 18.9 Å². The Kier molecular flexibility index (Phi) is 6.30. The maximum absolute atomic E-state index is 13.6. The summed E-state index contributed by atoms with van der Waals surface area (Å²) in [4.78, 5) is 0. The predicted octanol–water partition coefficient (Wildman–Crippen LogP) is 5.45. The summed E-state index contributed by atoms with van der Waals surface area (Å²) in [6.45, 7) is 2.89. The van der Waals surface area contributed by atoms with Crippen LogP contribution in [-0.4, -0.2) is 6.61 Å². The van der Waals surface area contributed by atoms with E-state index in [0.29, 0.717) is 10.6 Å². The molecule has 0 spiro atoms. The summed E-state index contributed by atoms with van der Waals surface area (Å²) in [5.74, 6) is 6.17. The molecule has 1 nitrogen and oxygen atoms in total. The molecule has 3 heteroatoms. The van der Waals surface area contributed by atoms with Gasteiger partial charge in [0, 0.05) is 10.6 Å². The zero-order valence-electron chi connectivity index (χ0n) is 12.5. The smallest absolute Gasteiger partial charge is 0.140 e. The summed E-state index contributed by atoms with van der Waals surface area (Å²) in [5.41, 5.74) is 1.15. The van der Waals surface area contributed by atoms with E-state index in [1.807, 2.05) is 24.3 Å². The molecule has 0 atom stereocenters. The number of benzene rings is 2. The Morgan fingerprint density at radius 3 is 2.50 bits per heavy atom. The third kappa shape index (κ3) is 5.09. The van der Waals surface area contributed by atoms with E-state index in [4.69, 9.17) is 16.3 Å². The van der Waals surface area contributed by atoms with Crippen molar-refractivity contribution in [2.24, 2.45) is 0 Å². The summed E-state index contributed by atoms with van der Waals surface area (Å²) in [5, 5.41) is 0.368. The maximum Gasteiger partial charge on any atom is 0.140 e. The van der Waals surface area contributed by atoms with Crippen molar-refractivity contribution in [3.8, 4) is 17.6 Å². The molecule has 22 heavy (non-hydrogen) atoms. The molecule has 0 bridgehead atoms. The van der Waals surface area contributed by atoms with E-state index in [1.54, 1.807) is 12.1 Å². The molecule has 0 saturated carbocycles. The lowest BCUT2D eigenvalue weighted by Gasteiger charge is -2.05. The first-order valence-corrected chi connectivity index (χ1v) is 7.77. The van der Waals surface area contributed by atoms with Gasteiger partial charge in [0.05, 0.1) is 12.2 Å². The average Bonchev–Trinajstić information content (AvgIpc) is 2.52. The fourth-order valence-electron chi connectivity index (χ4n) is 1.91. The van der Waals surface area contributed by atoms with Gasteiger partial charge in [0.1, 0.15) is 11.6 Å². The minimum Gasteiger partial charge on any atom is -0.494 e. The van der Waals surface area contributed by atoms with Crippen molar-refractivity contribution in [1.29, 1.82) is 0 Å². The predicted molar refractivity (Wildman–Crippen MR) is 88.9 cm³/mol. The minimum absolute atomic E-state index is 0.337. The summed E-state index contributed by atoms with van der Waals surface area (Å²) in [6.07, 6.45) is 3.42. The van der Waals surface area contributed by atoms with Crippen LogP contribution in [0.4, 0.5) is 4.39 Å². The molecule has 114 valence electrons. The van der Waals surface area contributed by atoms with Crippen LogP contribution in [0, 0.1) is 17.7 Å². The van der Waals surface area contributed by atoms with Crippen LogP contribution in [0.3, 0.4) is 0 Å². The van der Waals surface area contributed by atoms with Crippen LogP contribution in [0.5, 0.6) is 5.75 Å². The number of halogens is 2. The lowest BCUT2D eigenvalue weighted by Crippen LogP contribution is -1.96. The summed E-state index contributed by atoms with van der Waals surface area (Å²) in [7, 11) is 0. The van der Waals surface area contributed by atoms with Gasteiger partial charge >= 0.3 is 0 Å². The van der Waals surface area contributed by atoms with E-state index < -0.39 is 5.82 Å². The normalized spacial score (nSPS) is 9.95. The molecule has 2 aromatic rings. The first-order valence-electron chi connectivity index (χ1n) is 7.39. The van der Waals surface area contributed by atoms with E-state index in [2.05, 4.69) is 18.8 Å². The topological polar surface area (TPSA) is 9.23 Å². The molecule has 0 N–H and O–H groups in total. The van der Waals surface area contributed by atoms with Gasteiger partial charge in [-0.25, -0.2) is 4.39 Å². The minimum atomic E-state index is -0.407. The fraction of sp³-hybridized carbons (Fsp3) is 0.263. The Morgan fingerprint density at radius 2 is 1.82 bits per heavy atom. The van der Waals surface area contributed by atoms with Crippen molar-refractivity contribution in [3.63, 3.8) is 0 Å². The number of ether oxygens (including phenoxy) is 1. The number of unbranched alkanes of at least 4 members (excludes halogenated alkanes) is 2. The highest BCUT2D eigenvalue weighted by Crippen LogP contribution is 2.15. The highest BCUT2D eigenvalue weighted by Gasteiger charge is 1.99. The molecule has 2 rings (SSSR count). The average molecular weight is 317 g/mol. The molecule has 0 aromatic heterocycles. The molecule has 0 aliphatic heterocycles. The lowest BCUT2D eigenvalue weighted by atomic mass is 10.1. The van der Waals surface area contributed by atoms with E-state index in [0.717, 1.165) is 24.3 Å². The summed E-state index contributed by atoms with van der Waals surface area (Å²) >= 11 is 5.71. The van der Waals surface area contributed by atoms with Crippen LogP contribution in [0.25, 0.3) is 0 Å². The molecule has 0 amide bonds. The van der Waals surface area contributed by atoms with Gasteiger partial charge in [-0.15, -0.1) is 0 Å². The highest BCUT2D eigenvalue weighted by molar-refractivity contribution is 6.30. The maximum atomic E-state index is 13.6. The number of hydrogen-bond acceptors (Lipinski definition) is 1. The van der Waals surface area contributed by atoms with Crippen molar-refractivity contribution in [2.75, 3.05) is 6.61 Å². The van der Waals surface area contributed by atoms with Gasteiger partial charge in [0.15, 0.2) is 0 Å². The zero-order valence-corrected chi connectivity index (χ0v) is 13.3. The first kappa shape index (κ1) is 16.4. The molecule has 0 saturated heterocycles. The largest absolute Gasteiger partial charge is 0.494 e. The van der Waals surface area contributed by atoms with Gasteiger partial charge in [-0.2, -0.15) is 0 Å². The zero-order chi connectivity index (χ0) is 15.8. The molecule has 0 radical (unpaired) electrons. The Bertz CT molecular complexity index is 668. The fourth-order valence-corrected chi connectivity index (χ4v) is 2.07. The molecule has 0 aliphatic carbocycles. The number of rotatable bonds is 5. The van der Waals surface area contributed by atoms with Crippen molar-refractivity contribution in [3.05, 3.63) is 64.4 Å². The van der Waals surface area contributed by atoms with Gasteiger partial charge in [-0.1, -0.05) is 43.2 Å². The third-order valence-electron chi connectivity index (χ3n) is 3.14. The van der Waals surface area contributed by atoms with Crippen LogP contribution >= 0.6 is 11.6 Å². The quantitative estimate of drug-likeness (QED) is 0.526. The molecule has 0 aliphatic rings. The summed E-state index contributed by atoms with van der Waals surface area (Å²) < 4.78 is 19.2. The first-order chi connectivity index (χ1) is 10.7. The van der Waals surface area contributed by atoms with Crippen molar-refractivity contribution >= 4 is 11.6 Å². The SMILES string of the molecule is CCCCCOc1ccc(C#Cc2ccc(Cl)cc2F)cc1. The monoisotopic (exact) mass is 316 g/mol. The van der Waals surface area contributed by atoms with Crippen LogP contribution in [0.2, 0.25) is 5.02 Å². The standard InChI is InChI=1S/C19H18ClFO/c1-2-3-4-13-22-18-11-6-15(7-12-18)5-8-16-9-10-17(20)14-19(16)21/h6-7,9-12,14H,2-4,13H2,1H3.